The van der Waals surface area contributed by atoms with Crippen molar-refractivity contribution in [2.75, 3.05) is 19.5 Å². The first-order valence-electron chi connectivity index (χ1n) is 4.78. The number of aliphatic carboxylic acids is 1. The molecule has 1 unspecified atom stereocenters. The van der Waals surface area contributed by atoms with Crippen molar-refractivity contribution in [3.05, 3.63) is 11.1 Å². The molecule has 17 heavy (non-hydrogen) atoms. The van der Waals surface area contributed by atoms with E-state index < -0.39 is 17.9 Å². The van der Waals surface area contributed by atoms with Crippen LogP contribution in [0.1, 0.15) is 16.9 Å². The first-order chi connectivity index (χ1) is 8.04. The summed E-state index contributed by atoms with van der Waals surface area (Å²) in [4.78, 5) is 26.2. The molecule has 1 rings (SSSR count). The lowest BCUT2D eigenvalue weighted by molar-refractivity contribution is -0.139. The van der Waals surface area contributed by atoms with Gasteiger partial charge in [0.2, 0.25) is 0 Å². The number of ether oxygens (including phenoxy) is 1. The molecule has 0 fully saturated rings. The van der Waals surface area contributed by atoms with Gasteiger partial charge in [-0.25, -0.2) is 9.78 Å². The van der Waals surface area contributed by atoms with Crippen LogP contribution in [0.15, 0.2) is 5.38 Å². The summed E-state index contributed by atoms with van der Waals surface area (Å²) in [7, 11) is 1.46. The van der Waals surface area contributed by atoms with Crippen LogP contribution in [0.2, 0.25) is 0 Å². The van der Waals surface area contributed by atoms with Crippen molar-refractivity contribution in [1.29, 1.82) is 0 Å². The van der Waals surface area contributed by atoms with Crippen LogP contribution in [0.4, 0.5) is 5.13 Å². The van der Waals surface area contributed by atoms with Crippen molar-refractivity contribution in [2.24, 2.45) is 0 Å². The molecular formula is C9H13N3O4S. The standard InChI is InChI=1S/C9H13N3O4S/c1-16-3-2-5(8(14)15)11-7(13)6-4-17-9(10)12-6/h4-5H,2-3H2,1H3,(H2,10,12)(H,11,13)(H,14,15). The summed E-state index contributed by atoms with van der Waals surface area (Å²) < 4.78 is 4.77. The number of carboxylic acids is 1. The first-order valence-corrected chi connectivity index (χ1v) is 5.66. The van der Waals surface area contributed by atoms with Crippen molar-refractivity contribution in [3.63, 3.8) is 0 Å². The second kappa shape index (κ2) is 6.16. The minimum absolute atomic E-state index is 0.121. The third kappa shape index (κ3) is 4.00. The van der Waals surface area contributed by atoms with Crippen LogP contribution >= 0.6 is 11.3 Å². The smallest absolute Gasteiger partial charge is 0.326 e. The Hall–Kier alpha value is -1.67. The lowest BCUT2D eigenvalue weighted by Gasteiger charge is -2.12. The zero-order valence-corrected chi connectivity index (χ0v) is 9.99. The number of methoxy groups -OCH3 is 1. The summed E-state index contributed by atoms with van der Waals surface area (Å²) in [6.45, 7) is 0.246. The SMILES string of the molecule is COCCC(NC(=O)c1csc(N)n1)C(=O)O. The van der Waals surface area contributed by atoms with E-state index in [1.807, 2.05) is 0 Å². The predicted molar refractivity (Wildman–Crippen MR) is 61.9 cm³/mol. The second-order valence-electron chi connectivity index (χ2n) is 3.22. The summed E-state index contributed by atoms with van der Waals surface area (Å²) >= 11 is 1.12. The van der Waals surface area contributed by atoms with E-state index in [-0.39, 0.29) is 23.9 Å². The molecule has 0 aromatic carbocycles. The normalized spacial score (nSPS) is 12.1. The molecule has 4 N–H and O–H groups in total. The Kier molecular flexibility index (Phi) is 4.85. The lowest BCUT2D eigenvalue weighted by atomic mass is 10.2. The van der Waals surface area contributed by atoms with Gasteiger partial charge in [-0.15, -0.1) is 11.3 Å². The van der Waals surface area contributed by atoms with Crippen molar-refractivity contribution < 1.29 is 19.4 Å². The van der Waals surface area contributed by atoms with E-state index in [2.05, 4.69) is 10.3 Å². The number of rotatable bonds is 6. The van der Waals surface area contributed by atoms with Gasteiger partial charge in [-0.05, 0) is 0 Å². The lowest BCUT2D eigenvalue weighted by Crippen LogP contribution is -2.41. The Morgan fingerprint density at radius 1 is 1.71 bits per heavy atom. The number of carboxylic acid groups (broad SMARTS) is 1. The number of carbonyl (C=O) groups excluding carboxylic acids is 1. The van der Waals surface area contributed by atoms with Gasteiger partial charge in [0.05, 0.1) is 0 Å². The minimum atomic E-state index is -1.11. The van der Waals surface area contributed by atoms with E-state index >= 15 is 0 Å². The highest BCUT2D eigenvalue weighted by Gasteiger charge is 2.21. The van der Waals surface area contributed by atoms with Gasteiger partial charge in [0, 0.05) is 25.5 Å². The Morgan fingerprint density at radius 3 is 2.88 bits per heavy atom. The van der Waals surface area contributed by atoms with Crippen LogP contribution in [0.5, 0.6) is 0 Å². The largest absolute Gasteiger partial charge is 0.480 e. The maximum atomic E-state index is 11.6. The zero-order chi connectivity index (χ0) is 12.8. The molecule has 0 saturated carbocycles. The first kappa shape index (κ1) is 13.4. The summed E-state index contributed by atoms with van der Waals surface area (Å²) in [6, 6.07) is -0.995. The fourth-order valence-electron chi connectivity index (χ4n) is 1.12. The number of nitrogens with two attached hydrogens (primary N) is 1. The molecule has 8 heteroatoms. The van der Waals surface area contributed by atoms with Crippen LogP contribution in [-0.2, 0) is 9.53 Å². The number of hydrogen-bond acceptors (Lipinski definition) is 6. The van der Waals surface area contributed by atoms with Gasteiger partial charge in [0.1, 0.15) is 11.7 Å². The van der Waals surface area contributed by atoms with Gasteiger partial charge in [-0.1, -0.05) is 0 Å². The van der Waals surface area contributed by atoms with Gasteiger partial charge in [0.15, 0.2) is 5.13 Å². The van der Waals surface area contributed by atoms with E-state index in [0.29, 0.717) is 0 Å². The maximum Gasteiger partial charge on any atom is 0.326 e. The van der Waals surface area contributed by atoms with Crippen LogP contribution < -0.4 is 11.1 Å². The van der Waals surface area contributed by atoms with Crippen molar-refractivity contribution in [1.82, 2.24) is 10.3 Å². The van der Waals surface area contributed by atoms with Crippen LogP contribution in [0.3, 0.4) is 0 Å². The van der Waals surface area contributed by atoms with E-state index in [9.17, 15) is 9.59 Å². The van der Waals surface area contributed by atoms with Crippen LogP contribution in [-0.4, -0.2) is 41.7 Å². The highest BCUT2D eigenvalue weighted by molar-refractivity contribution is 7.13. The number of anilines is 1. The highest BCUT2D eigenvalue weighted by Crippen LogP contribution is 2.11. The Balaban J connectivity index is 2.60. The number of hydrogen-bond donors (Lipinski definition) is 3. The molecule has 0 saturated heterocycles. The summed E-state index contributed by atoms with van der Waals surface area (Å²) in [6.07, 6.45) is 0.192. The molecule has 0 bridgehead atoms. The zero-order valence-electron chi connectivity index (χ0n) is 9.17. The molecule has 0 aliphatic rings. The number of nitrogen functional groups attached to an aromatic ring is 1. The van der Waals surface area contributed by atoms with E-state index in [1.165, 1.54) is 12.5 Å². The Labute approximate surface area is 102 Å². The maximum absolute atomic E-state index is 11.6. The van der Waals surface area contributed by atoms with Crippen molar-refractivity contribution >= 4 is 28.3 Å². The molecule has 1 aromatic rings. The fraction of sp³-hybridized carbons (Fsp3) is 0.444. The molecule has 7 nitrogen and oxygen atoms in total. The number of carbonyl (C=O) groups is 2. The Bertz CT molecular complexity index is 407. The Morgan fingerprint density at radius 2 is 2.41 bits per heavy atom. The molecule has 94 valence electrons. The third-order valence-electron chi connectivity index (χ3n) is 1.97. The summed E-state index contributed by atoms with van der Waals surface area (Å²) in [5, 5.41) is 13.0. The van der Waals surface area contributed by atoms with E-state index in [4.69, 9.17) is 15.6 Å². The van der Waals surface area contributed by atoms with Gasteiger partial charge < -0.3 is 20.9 Å². The quantitative estimate of drug-likeness (QED) is 0.659. The fourth-order valence-corrected chi connectivity index (χ4v) is 1.66. The summed E-state index contributed by atoms with van der Waals surface area (Å²) in [5.74, 6) is -1.67. The average Bonchev–Trinajstić information content (AvgIpc) is 2.70. The average molecular weight is 259 g/mol. The summed E-state index contributed by atoms with van der Waals surface area (Å²) in [5.41, 5.74) is 5.50. The highest BCUT2D eigenvalue weighted by atomic mass is 32.1. The molecule has 1 atom stereocenters. The van der Waals surface area contributed by atoms with Crippen molar-refractivity contribution in [3.8, 4) is 0 Å². The molecular weight excluding hydrogens is 246 g/mol. The molecule has 1 heterocycles. The van der Waals surface area contributed by atoms with Crippen LogP contribution in [0.25, 0.3) is 0 Å². The number of nitrogens with one attached hydrogen (secondary N) is 1. The van der Waals surface area contributed by atoms with Gasteiger partial charge >= 0.3 is 5.97 Å². The van der Waals surface area contributed by atoms with Gasteiger partial charge in [-0.2, -0.15) is 0 Å². The van der Waals surface area contributed by atoms with Gasteiger partial charge in [0.25, 0.3) is 5.91 Å². The topological polar surface area (TPSA) is 115 Å². The third-order valence-corrected chi connectivity index (χ3v) is 2.64. The molecule has 0 radical (unpaired) electrons. The van der Waals surface area contributed by atoms with Gasteiger partial charge in [-0.3, -0.25) is 4.79 Å². The molecule has 0 spiro atoms. The second-order valence-corrected chi connectivity index (χ2v) is 4.11. The van der Waals surface area contributed by atoms with Crippen molar-refractivity contribution in [2.45, 2.75) is 12.5 Å². The molecule has 1 amide bonds. The predicted octanol–water partition coefficient (Wildman–Crippen LogP) is -0.0552. The van der Waals surface area contributed by atoms with E-state index in [0.717, 1.165) is 11.3 Å². The van der Waals surface area contributed by atoms with Crippen LogP contribution in [0, 0.1) is 0 Å². The van der Waals surface area contributed by atoms with E-state index in [1.54, 1.807) is 0 Å². The number of aromatic nitrogens is 1. The minimum Gasteiger partial charge on any atom is -0.480 e. The number of amides is 1. The number of thiazole rings is 1. The molecule has 1 aromatic heterocycles. The monoisotopic (exact) mass is 259 g/mol. The molecule has 0 aliphatic carbocycles. The number of nitrogens with zero attached hydrogens (tertiary/aromatic N) is 1. The molecule has 0 aliphatic heterocycles.